The number of carbonyl (C=O) groups is 1. The van der Waals surface area contributed by atoms with Crippen LogP contribution in [0.15, 0.2) is 53.7 Å². The average Bonchev–Trinajstić information content (AvgIpc) is 3.29. The van der Waals surface area contributed by atoms with Gasteiger partial charge in [0.1, 0.15) is 12.4 Å². The minimum absolute atomic E-state index is 0.0956. The summed E-state index contributed by atoms with van der Waals surface area (Å²) in [5.74, 6) is 2.10. The Hall–Kier alpha value is -2.88. The summed E-state index contributed by atoms with van der Waals surface area (Å²) in [6, 6.07) is 15.6. The van der Waals surface area contributed by atoms with Crippen molar-refractivity contribution in [3.8, 4) is 11.4 Å². The van der Waals surface area contributed by atoms with Crippen LogP contribution in [0.2, 0.25) is 0 Å². The number of benzene rings is 2. The van der Waals surface area contributed by atoms with E-state index in [0.29, 0.717) is 18.2 Å². The van der Waals surface area contributed by atoms with E-state index in [1.807, 2.05) is 58.0 Å². The number of likely N-dealkylation sites (N-methyl/N-ethyl adjacent to an activating group) is 1. The molecule has 0 radical (unpaired) electrons. The molecule has 2 aromatic carbocycles. The Kier molecular flexibility index (Phi) is 8.21. The molecule has 0 saturated carbocycles. The summed E-state index contributed by atoms with van der Waals surface area (Å²) >= 11 is 1.54. The van der Waals surface area contributed by atoms with Gasteiger partial charge in [-0.05, 0) is 30.3 Å². The predicted molar refractivity (Wildman–Crippen MR) is 133 cm³/mol. The highest BCUT2D eigenvalue weighted by atomic mass is 32.2. The van der Waals surface area contributed by atoms with Crippen LogP contribution < -0.4 is 4.74 Å². The van der Waals surface area contributed by atoms with Crippen molar-refractivity contribution in [2.24, 2.45) is 0 Å². The molecule has 3 aromatic rings. The maximum absolute atomic E-state index is 13.3. The van der Waals surface area contributed by atoms with Crippen LogP contribution in [-0.2, 0) is 17.1 Å². The number of para-hydroxylation sites is 2. The molecule has 1 saturated heterocycles. The highest BCUT2D eigenvalue weighted by Gasteiger charge is 2.24. The molecule has 0 atom stereocenters. The van der Waals surface area contributed by atoms with Gasteiger partial charge in [0.25, 0.3) is 5.91 Å². The van der Waals surface area contributed by atoms with Gasteiger partial charge in [-0.3, -0.25) is 9.36 Å². The fraction of sp³-hybridized carbons (Fsp3) is 0.400. The van der Waals surface area contributed by atoms with Crippen molar-refractivity contribution in [3.05, 3.63) is 65.5 Å². The van der Waals surface area contributed by atoms with Crippen LogP contribution in [-0.4, -0.2) is 77.4 Å². The second-order valence-electron chi connectivity index (χ2n) is 8.01. The number of ether oxygens (including phenoxy) is 2. The van der Waals surface area contributed by atoms with Gasteiger partial charge < -0.3 is 19.3 Å². The number of nitrogens with zero attached hydrogens (tertiary/aromatic N) is 5. The predicted octanol–water partition coefficient (Wildman–Crippen LogP) is 3.49. The lowest BCUT2D eigenvalue weighted by Crippen LogP contribution is -2.48. The average molecular weight is 482 g/mol. The Morgan fingerprint density at radius 3 is 2.47 bits per heavy atom. The number of carbonyl (C=O) groups excluding carboxylic acids is 1. The van der Waals surface area contributed by atoms with Crippen molar-refractivity contribution in [2.75, 3.05) is 46.9 Å². The zero-order valence-corrected chi connectivity index (χ0v) is 20.8. The topological polar surface area (TPSA) is 72.7 Å². The van der Waals surface area contributed by atoms with E-state index >= 15 is 0 Å². The van der Waals surface area contributed by atoms with Gasteiger partial charge in [0, 0.05) is 44.6 Å². The maximum Gasteiger partial charge on any atom is 0.254 e. The SMILES string of the molecule is CCN1CCN(C(=O)c2ccccc2CSc2nnc(COC)n2-c2ccccc2OC)CC1. The zero-order valence-electron chi connectivity index (χ0n) is 19.9. The molecule has 1 aliphatic heterocycles. The van der Waals surface area contributed by atoms with Gasteiger partial charge in [0.15, 0.2) is 11.0 Å². The van der Waals surface area contributed by atoms with Crippen molar-refractivity contribution in [1.29, 1.82) is 0 Å². The van der Waals surface area contributed by atoms with E-state index < -0.39 is 0 Å². The molecule has 0 N–H and O–H groups in total. The van der Waals surface area contributed by atoms with E-state index in [1.165, 1.54) is 0 Å². The van der Waals surface area contributed by atoms with Crippen molar-refractivity contribution < 1.29 is 14.3 Å². The summed E-state index contributed by atoms with van der Waals surface area (Å²) in [6.07, 6.45) is 0. The van der Waals surface area contributed by atoms with Crippen LogP contribution in [0.1, 0.15) is 28.7 Å². The largest absolute Gasteiger partial charge is 0.495 e. The van der Waals surface area contributed by atoms with Crippen molar-refractivity contribution in [3.63, 3.8) is 0 Å². The molecule has 1 aliphatic rings. The molecule has 0 aliphatic carbocycles. The smallest absolute Gasteiger partial charge is 0.254 e. The lowest BCUT2D eigenvalue weighted by Gasteiger charge is -2.34. The molecule has 1 amide bonds. The van der Waals surface area contributed by atoms with Gasteiger partial charge in [0.2, 0.25) is 0 Å². The first-order chi connectivity index (χ1) is 16.7. The van der Waals surface area contributed by atoms with Crippen LogP contribution in [0.25, 0.3) is 5.69 Å². The van der Waals surface area contributed by atoms with Gasteiger partial charge in [-0.1, -0.05) is 49.0 Å². The summed E-state index contributed by atoms with van der Waals surface area (Å²) in [4.78, 5) is 17.7. The van der Waals surface area contributed by atoms with E-state index in [-0.39, 0.29) is 5.91 Å². The van der Waals surface area contributed by atoms with Gasteiger partial charge in [0.05, 0.1) is 12.8 Å². The third kappa shape index (κ3) is 5.27. The van der Waals surface area contributed by atoms with Crippen LogP contribution in [0, 0.1) is 0 Å². The van der Waals surface area contributed by atoms with Crippen LogP contribution in [0.3, 0.4) is 0 Å². The first-order valence-corrected chi connectivity index (χ1v) is 12.4. The zero-order chi connectivity index (χ0) is 23.9. The van der Waals surface area contributed by atoms with Gasteiger partial charge in [-0.25, -0.2) is 0 Å². The maximum atomic E-state index is 13.3. The Labute approximate surface area is 204 Å². The van der Waals surface area contributed by atoms with Crippen molar-refractivity contribution in [2.45, 2.75) is 24.4 Å². The Bertz CT molecular complexity index is 1110. The standard InChI is InChI=1S/C25H31N5O3S/c1-4-28-13-15-29(16-14-28)24(31)20-10-6-5-9-19(20)18-34-25-27-26-23(17-32-2)30(25)21-11-7-8-12-22(21)33-3/h5-12H,4,13-18H2,1-3H3. The molecule has 2 heterocycles. The van der Waals surface area contributed by atoms with Crippen LogP contribution >= 0.6 is 11.8 Å². The summed E-state index contributed by atoms with van der Waals surface area (Å²) < 4.78 is 12.9. The molecular weight excluding hydrogens is 450 g/mol. The Balaban J connectivity index is 1.57. The second kappa shape index (κ2) is 11.5. The van der Waals surface area contributed by atoms with E-state index in [1.54, 1.807) is 26.0 Å². The second-order valence-corrected chi connectivity index (χ2v) is 8.95. The highest BCUT2D eigenvalue weighted by Crippen LogP contribution is 2.31. The summed E-state index contributed by atoms with van der Waals surface area (Å²) in [6.45, 7) is 6.86. The fourth-order valence-electron chi connectivity index (χ4n) is 4.11. The molecule has 0 bridgehead atoms. The van der Waals surface area contributed by atoms with Crippen LogP contribution in [0.4, 0.5) is 0 Å². The molecular formula is C25H31N5O3S. The summed E-state index contributed by atoms with van der Waals surface area (Å²) in [7, 11) is 3.28. The minimum atomic E-state index is 0.0956. The third-order valence-corrected chi connectivity index (χ3v) is 6.99. The molecule has 4 rings (SSSR count). The molecule has 180 valence electrons. The molecule has 1 aromatic heterocycles. The number of amides is 1. The van der Waals surface area contributed by atoms with Crippen molar-refractivity contribution in [1.82, 2.24) is 24.6 Å². The molecule has 8 nitrogen and oxygen atoms in total. The molecule has 34 heavy (non-hydrogen) atoms. The Morgan fingerprint density at radius 2 is 1.74 bits per heavy atom. The quantitative estimate of drug-likeness (QED) is 0.433. The van der Waals surface area contributed by atoms with Gasteiger partial charge in [-0.15, -0.1) is 10.2 Å². The van der Waals surface area contributed by atoms with Gasteiger partial charge >= 0.3 is 0 Å². The first kappa shape index (κ1) is 24.3. The summed E-state index contributed by atoms with van der Waals surface area (Å²) in [5.41, 5.74) is 2.58. The van der Waals surface area contributed by atoms with Crippen molar-refractivity contribution >= 4 is 17.7 Å². The number of aromatic nitrogens is 3. The highest BCUT2D eigenvalue weighted by molar-refractivity contribution is 7.98. The number of thioether (sulfide) groups is 1. The lowest BCUT2D eigenvalue weighted by molar-refractivity contribution is 0.0642. The normalized spacial score (nSPS) is 14.4. The molecule has 0 unspecified atom stereocenters. The van der Waals surface area contributed by atoms with E-state index in [9.17, 15) is 4.79 Å². The molecule has 9 heteroatoms. The van der Waals surface area contributed by atoms with E-state index in [4.69, 9.17) is 9.47 Å². The molecule has 1 fully saturated rings. The third-order valence-electron chi connectivity index (χ3n) is 6.01. The number of methoxy groups -OCH3 is 2. The number of piperazine rings is 1. The van der Waals surface area contributed by atoms with Crippen LogP contribution in [0.5, 0.6) is 5.75 Å². The monoisotopic (exact) mass is 481 g/mol. The number of hydrogen-bond acceptors (Lipinski definition) is 7. The van der Waals surface area contributed by atoms with E-state index in [2.05, 4.69) is 22.0 Å². The first-order valence-electron chi connectivity index (χ1n) is 11.4. The number of hydrogen-bond donors (Lipinski definition) is 0. The van der Waals surface area contributed by atoms with Gasteiger partial charge in [-0.2, -0.15) is 0 Å². The Morgan fingerprint density at radius 1 is 1.00 bits per heavy atom. The lowest BCUT2D eigenvalue weighted by atomic mass is 10.1. The van der Waals surface area contributed by atoms with E-state index in [0.717, 1.165) is 60.4 Å². The minimum Gasteiger partial charge on any atom is -0.495 e. The fourth-order valence-corrected chi connectivity index (χ4v) is 5.08. The molecule has 0 spiro atoms. The summed E-state index contributed by atoms with van der Waals surface area (Å²) in [5, 5.41) is 9.49. The number of rotatable bonds is 9.